The molecule has 2 N–H and O–H groups in total. The predicted octanol–water partition coefficient (Wildman–Crippen LogP) is 2.55. The van der Waals surface area contributed by atoms with E-state index in [0.29, 0.717) is 17.4 Å². The van der Waals surface area contributed by atoms with Crippen LogP contribution in [0, 0.1) is 17.2 Å². The second-order valence-corrected chi connectivity index (χ2v) is 5.26. The van der Waals surface area contributed by atoms with Crippen LogP contribution in [0.3, 0.4) is 0 Å². The molecule has 2 unspecified atom stereocenters. The highest BCUT2D eigenvalue weighted by Crippen LogP contribution is 2.29. The lowest BCUT2D eigenvalue weighted by Crippen LogP contribution is -2.36. The van der Waals surface area contributed by atoms with Crippen LogP contribution in [-0.2, 0) is 0 Å². The third-order valence-corrected chi connectivity index (χ3v) is 3.84. The molecule has 0 radical (unpaired) electrons. The molecule has 1 aromatic rings. The van der Waals surface area contributed by atoms with Gasteiger partial charge in [0.1, 0.15) is 11.9 Å². The second kappa shape index (κ2) is 5.26. The molecule has 4 heteroatoms. The maximum absolute atomic E-state index is 8.97. The fourth-order valence-electron chi connectivity index (χ4n) is 2.69. The van der Waals surface area contributed by atoms with Crippen LogP contribution in [0.1, 0.15) is 38.3 Å². The van der Waals surface area contributed by atoms with Crippen LogP contribution in [0.5, 0.6) is 0 Å². The molecule has 1 heterocycles. The number of hydrogen-bond donors (Lipinski definition) is 1. The van der Waals surface area contributed by atoms with Crippen molar-refractivity contribution in [2.24, 2.45) is 5.92 Å². The highest BCUT2D eigenvalue weighted by Gasteiger charge is 2.23. The molecule has 18 heavy (non-hydrogen) atoms. The first-order valence-electron chi connectivity index (χ1n) is 6.51. The van der Waals surface area contributed by atoms with Crippen LogP contribution in [0.15, 0.2) is 12.1 Å². The van der Waals surface area contributed by atoms with E-state index in [1.165, 1.54) is 25.7 Å². The molecule has 2 rings (SSSR count). The van der Waals surface area contributed by atoms with Gasteiger partial charge in [0, 0.05) is 13.1 Å². The Hall–Kier alpha value is -1.76. The molecule has 96 valence electrons. The van der Waals surface area contributed by atoms with Crippen molar-refractivity contribution in [2.75, 3.05) is 17.7 Å². The number of nitrogen functional groups attached to an aromatic ring is 1. The summed E-state index contributed by atoms with van der Waals surface area (Å²) in [5, 5.41) is 8.97. The van der Waals surface area contributed by atoms with Crippen molar-refractivity contribution in [3.8, 4) is 6.07 Å². The van der Waals surface area contributed by atoms with E-state index >= 15 is 0 Å². The molecule has 0 amide bonds. The number of aromatic nitrogens is 1. The first-order chi connectivity index (χ1) is 8.61. The normalized spacial score (nSPS) is 23.4. The zero-order chi connectivity index (χ0) is 13.1. The van der Waals surface area contributed by atoms with E-state index < -0.39 is 0 Å². The number of nitrogens with two attached hydrogens (primary N) is 1. The van der Waals surface area contributed by atoms with Gasteiger partial charge in [-0.1, -0.05) is 19.8 Å². The maximum atomic E-state index is 8.97. The molecular weight excluding hydrogens is 224 g/mol. The molecule has 4 nitrogen and oxygen atoms in total. The standard InChI is InChI=1S/C14H20N4/c1-10-4-3-5-11(8-10)18(2)14-7-6-12(16)13(9-15)17-14/h6-7,10-11H,3-5,8,16H2,1-2H3. The van der Waals surface area contributed by atoms with Gasteiger partial charge in [0.15, 0.2) is 5.69 Å². The van der Waals surface area contributed by atoms with Crippen molar-refractivity contribution >= 4 is 11.5 Å². The number of pyridine rings is 1. The van der Waals surface area contributed by atoms with Gasteiger partial charge in [-0.05, 0) is 30.9 Å². The summed E-state index contributed by atoms with van der Waals surface area (Å²) < 4.78 is 0. The van der Waals surface area contributed by atoms with Gasteiger partial charge in [-0.3, -0.25) is 0 Å². The van der Waals surface area contributed by atoms with Gasteiger partial charge in [0.2, 0.25) is 0 Å². The Kier molecular flexibility index (Phi) is 3.71. The fourth-order valence-corrected chi connectivity index (χ4v) is 2.69. The first kappa shape index (κ1) is 12.7. The third kappa shape index (κ3) is 2.56. The van der Waals surface area contributed by atoms with Crippen molar-refractivity contribution in [2.45, 2.75) is 38.6 Å². The van der Waals surface area contributed by atoms with Crippen molar-refractivity contribution in [3.05, 3.63) is 17.8 Å². The summed E-state index contributed by atoms with van der Waals surface area (Å²) in [7, 11) is 2.06. The lowest BCUT2D eigenvalue weighted by Gasteiger charge is -2.35. The van der Waals surface area contributed by atoms with Crippen LogP contribution in [0.25, 0.3) is 0 Å². The van der Waals surface area contributed by atoms with Gasteiger partial charge in [-0.15, -0.1) is 0 Å². The Morgan fingerprint density at radius 2 is 2.22 bits per heavy atom. The largest absolute Gasteiger partial charge is 0.396 e. The number of nitriles is 1. The van der Waals surface area contributed by atoms with Crippen molar-refractivity contribution in [3.63, 3.8) is 0 Å². The Bertz CT molecular complexity index is 463. The number of nitrogens with zero attached hydrogens (tertiary/aromatic N) is 3. The monoisotopic (exact) mass is 244 g/mol. The molecule has 0 aliphatic heterocycles. The Labute approximate surface area is 108 Å². The van der Waals surface area contributed by atoms with Crippen molar-refractivity contribution < 1.29 is 0 Å². The third-order valence-electron chi connectivity index (χ3n) is 3.84. The van der Waals surface area contributed by atoms with Crippen LogP contribution >= 0.6 is 0 Å². The van der Waals surface area contributed by atoms with E-state index in [4.69, 9.17) is 11.0 Å². The summed E-state index contributed by atoms with van der Waals surface area (Å²) in [4.78, 5) is 6.52. The highest BCUT2D eigenvalue weighted by atomic mass is 15.2. The smallest absolute Gasteiger partial charge is 0.165 e. The lowest BCUT2D eigenvalue weighted by molar-refractivity contribution is 0.335. The van der Waals surface area contributed by atoms with Crippen LogP contribution in [0.4, 0.5) is 11.5 Å². The zero-order valence-corrected chi connectivity index (χ0v) is 11.1. The minimum atomic E-state index is 0.322. The van der Waals surface area contributed by atoms with Gasteiger partial charge < -0.3 is 10.6 Å². The summed E-state index contributed by atoms with van der Waals surface area (Å²) in [6.07, 6.45) is 5.00. The second-order valence-electron chi connectivity index (χ2n) is 5.26. The first-order valence-corrected chi connectivity index (χ1v) is 6.51. The fraction of sp³-hybridized carbons (Fsp3) is 0.571. The molecule has 1 fully saturated rings. The lowest BCUT2D eigenvalue weighted by atomic mass is 9.86. The van der Waals surface area contributed by atoms with Crippen LogP contribution < -0.4 is 10.6 Å². The van der Waals surface area contributed by atoms with Crippen molar-refractivity contribution in [1.82, 2.24) is 4.98 Å². The minimum absolute atomic E-state index is 0.322. The Balaban J connectivity index is 2.18. The number of anilines is 2. The zero-order valence-electron chi connectivity index (χ0n) is 11.1. The number of hydrogen-bond acceptors (Lipinski definition) is 4. The van der Waals surface area contributed by atoms with Gasteiger partial charge in [-0.2, -0.15) is 5.26 Å². The van der Waals surface area contributed by atoms with E-state index in [1.807, 2.05) is 12.1 Å². The molecule has 0 bridgehead atoms. The average Bonchev–Trinajstić information content (AvgIpc) is 2.38. The Morgan fingerprint density at radius 3 is 2.89 bits per heavy atom. The summed E-state index contributed by atoms with van der Waals surface area (Å²) in [5.41, 5.74) is 6.47. The van der Waals surface area contributed by atoms with E-state index in [-0.39, 0.29) is 0 Å². The molecule has 0 spiro atoms. The average molecular weight is 244 g/mol. The molecule has 1 aromatic heterocycles. The Morgan fingerprint density at radius 1 is 1.44 bits per heavy atom. The SMILES string of the molecule is CC1CCCC(N(C)c2ccc(N)c(C#N)n2)C1. The van der Waals surface area contributed by atoms with Crippen molar-refractivity contribution in [1.29, 1.82) is 5.26 Å². The molecule has 1 saturated carbocycles. The van der Waals surface area contributed by atoms with E-state index in [9.17, 15) is 0 Å². The highest BCUT2D eigenvalue weighted by molar-refractivity contribution is 5.55. The number of rotatable bonds is 2. The molecule has 0 saturated heterocycles. The van der Waals surface area contributed by atoms with Gasteiger partial charge >= 0.3 is 0 Å². The van der Waals surface area contributed by atoms with Gasteiger partial charge in [0.25, 0.3) is 0 Å². The molecule has 2 atom stereocenters. The quantitative estimate of drug-likeness (QED) is 0.868. The van der Waals surface area contributed by atoms with Gasteiger partial charge in [-0.25, -0.2) is 4.98 Å². The van der Waals surface area contributed by atoms with Gasteiger partial charge in [0.05, 0.1) is 5.69 Å². The topological polar surface area (TPSA) is 65.9 Å². The van der Waals surface area contributed by atoms with E-state index in [1.54, 1.807) is 6.07 Å². The van der Waals surface area contributed by atoms with Crippen LogP contribution in [-0.4, -0.2) is 18.1 Å². The summed E-state index contributed by atoms with van der Waals surface area (Å²) in [6, 6.07) is 6.23. The van der Waals surface area contributed by atoms with E-state index in [2.05, 4.69) is 23.9 Å². The summed E-state index contributed by atoms with van der Waals surface area (Å²) >= 11 is 0. The molecular formula is C14H20N4. The molecule has 1 aliphatic carbocycles. The molecule has 0 aromatic carbocycles. The minimum Gasteiger partial charge on any atom is -0.396 e. The maximum Gasteiger partial charge on any atom is 0.165 e. The summed E-state index contributed by atoms with van der Waals surface area (Å²) in [6.45, 7) is 2.30. The van der Waals surface area contributed by atoms with E-state index in [0.717, 1.165) is 11.7 Å². The predicted molar refractivity (Wildman–Crippen MR) is 73.2 cm³/mol. The van der Waals surface area contributed by atoms with Crippen LogP contribution in [0.2, 0.25) is 0 Å². The summed E-state index contributed by atoms with van der Waals surface area (Å²) in [5.74, 6) is 1.62. The molecule has 1 aliphatic rings.